The predicted molar refractivity (Wildman–Crippen MR) is 70.2 cm³/mol. The van der Waals surface area contributed by atoms with Gasteiger partial charge in [-0.3, -0.25) is 0 Å². The molecule has 1 saturated heterocycles. The summed E-state index contributed by atoms with van der Waals surface area (Å²) in [6, 6.07) is 4.29. The average Bonchev–Trinajstić information content (AvgIpc) is 3.06. The molecule has 0 bridgehead atoms. The molecule has 1 aliphatic carbocycles. The molecule has 1 nitrogen and oxygen atoms in total. The van der Waals surface area contributed by atoms with Crippen molar-refractivity contribution in [2.75, 3.05) is 6.54 Å². The van der Waals surface area contributed by atoms with Crippen molar-refractivity contribution in [2.24, 2.45) is 5.92 Å². The van der Waals surface area contributed by atoms with Gasteiger partial charge in [-0.25, -0.2) is 0 Å². The molecule has 0 aromatic carbocycles. The Morgan fingerprint density at radius 3 is 2.81 bits per heavy atom. The Labute approximate surface area is 106 Å². The molecule has 1 aliphatic heterocycles. The van der Waals surface area contributed by atoms with E-state index < -0.39 is 0 Å². The van der Waals surface area contributed by atoms with Crippen molar-refractivity contribution < 1.29 is 0 Å². The lowest BCUT2D eigenvalue weighted by molar-refractivity contribution is 0.285. The second-order valence-corrected chi connectivity index (χ2v) is 6.80. The van der Waals surface area contributed by atoms with Crippen molar-refractivity contribution in [2.45, 2.75) is 44.1 Å². The third kappa shape index (κ3) is 1.92. The summed E-state index contributed by atoms with van der Waals surface area (Å²) in [6.45, 7) is 1.17. The lowest BCUT2D eigenvalue weighted by Gasteiger charge is -2.33. The molecule has 2 aliphatic rings. The molecule has 3 heteroatoms. The number of halogens is 1. The summed E-state index contributed by atoms with van der Waals surface area (Å²) in [7, 11) is 0. The molecular weight excluding hydrogens is 238 g/mol. The molecule has 2 fully saturated rings. The van der Waals surface area contributed by atoms with E-state index in [1.165, 1.54) is 49.9 Å². The van der Waals surface area contributed by atoms with Gasteiger partial charge in [0.15, 0.2) is 0 Å². The van der Waals surface area contributed by atoms with Crippen LogP contribution in [-0.4, -0.2) is 6.54 Å². The van der Waals surface area contributed by atoms with Gasteiger partial charge in [-0.2, -0.15) is 0 Å². The fourth-order valence-electron chi connectivity index (χ4n) is 3.00. The van der Waals surface area contributed by atoms with Crippen molar-refractivity contribution >= 4 is 22.9 Å². The molecule has 3 rings (SSSR count). The van der Waals surface area contributed by atoms with Gasteiger partial charge in [0.2, 0.25) is 0 Å². The first kappa shape index (κ1) is 11.1. The van der Waals surface area contributed by atoms with E-state index in [0.717, 1.165) is 10.3 Å². The van der Waals surface area contributed by atoms with Crippen LogP contribution >= 0.6 is 22.9 Å². The topological polar surface area (TPSA) is 12.0 Å². The maximum Gasteiger partial charge on any atom is 0.0931 e. The van der Waals surface area contributed by atoms with Gasteiger partial charge in [0.1, 0.15) is 0 Å². The normalized spacial score (nSPS) is 31.3. The van der Waals surface area contributed by atoms with Crippen molar-refractivity contribution in [3.8, 4) is 0 Å². The highest BCUT2D eigenvalue weighted by atomic mass is 35.5. The van der Waals surface area contributed by atoms with Gasteiger partial charge in [-0.15, -0.1) is 11.3 Å². The molecule has 0 radical (unpaired) electrons. The molecule has 0 amide bonds. The number of rotatable bonds is 2. The number of nitrogens with one attached hydrogen (secondary N) is 1. The first-order valence-electron chi connectivity index (χ1n) is 6.32. The smallest absolute Gasteiger partial charge is 0.0931 e. The first-order chi connectivity index (χ1) is 7.81. The van der Waals surface area contributed by atoms with Crippen LogP contribution in [0.5, 0.6) is 0 Å². The van der Waals surface area contributed by atoms with Crippen LogP contribution in [-0.2, 0) is 5.54 Å². The monoisotopic (exact) mass is 255 g/mol. The molecule has 1 atom stereocenters. The Bertz CT molecular complexity index is 362. The summed E-state index contributed by atoms with van der Waals surface area (Å²) < 4.78 is 0.932. The van der Waals surface area contributed by atoms with Crippen LogP contribution in [0.1, 0.15) is 43.4 Å². The lowest BCUT2D eigenvalue weighted by atomic mass is 9.86. The van der Waals surface area contributed by atoms with E-state index in [1.807, 2.05) is 0 Å². The zero-order valence-electron chi connectivity index (χ0n) is 9.47. The average molecular weight is 256 g/mol. The lowest BCUT2D eigenvalue weighted by Crippen LogP contribution is -2.43. The van der Waals surface area contributed by atoms with Crippen molar-refractivity contribution in [1.82, 2.24) is 5.32 Å². The first-order valence-corrected chi connectivity index (χ1v) is 7.51. The fourth-order valence-corrected chi connectivity index (χ4v) is 4.31. The maximum absolute atomic E-state index is 6.10. The Morgan fingerprint density at radius 2 is 2.12 bits per heavy atom. The second kappa shape index (κ2) is 4.32. The molecule has 1 aromatic rings. The highest BCUT2D eigenvalue weighted by molar-refractivity contribution is 7.16. The predicted octanol–water partition coefficient (Wildman–Crippen LogP) is 4.17. The summed E-state index contributed by atoms with van der Waals surface area (Å²) >= 11 is 7.87. The van der Waals surface area contributed by atoms with Crippen LogP contribution < -0.4 is 5.32 Å². The van der Waals surface area contributed by atoms with E-state index in [-0.39, 0.29) is 5.54 Å². The van der Waals surface area contributed by atoms with Crippen LogP contribution in [0.2, 0.25) is 4.34 Å². The summed E-state index contributed by atoms with van der Waals surface area (Å²) in [6.07, 6.45) is 8.15. The van der Waals surface area contributed by atoms with Gasteiger partial charge in [0.05, 0.1) is 9.88 Å². The summed E-state index contributed by atoms with van der Waals surface area (Å²) in [4.78, 5) is 1.47. The van der Waals surface area contributed by atoms with Gasteiger partial charge in [-0.05, 0) is 50.3 Å². The van der Waals surface area contributed by atoms with Gasteiger partial charge < -0.3 is 5.32 Å². The van der Waals surface area contributed by atoms with E-state index in [2.05, 4.69) is 17.4 Å². The van der Waals surface area contributed by atoms with Crippen LogP contribution in [0.4, 0.5) is 0 Å². The molecule has 0 spiro atoms. The van der Waals surface area contributed by atoms with Crippen LogP contribution in [0.25, 0.3) is 0 Å². The van der Waals surface area contributed by atoms with Gasteiger partial charge >= 0.3 is 0 Å². The van der Waals surface area contributed by atoms with E-state index in [0.29, 0.717) is 0 Å². The summed E-state index contributed by atoms with van der Waals surface area (Å²) in [5.74, 6) is 0.861. The van der Waals surface area contributed by atoms with Gasteiger partial charge in [0, 0.05) is 4.88 Å². The maximum atomic E-state index is 6.10. The molecule has 2 heterocycles. The summed E-state index contributed by atoms with van der Waals surface area (Å²) in [5.41, 5.74) is 0.272. The minimum absolute atomic E-state index is 0.272. The van der Waals surface area contributed by atoms with E-state index in [4.69, 9.17) is 11.6 Å². The van der Waals surface area contributed by atoms with Crippen molar-refractivity contribution in [1.29, 1.82) is 0 Å². The van der Waals surface area contributed by atoms with Gasteiger partial charge in [-0.1, -0.05) is 24.4 Å². The largest absolute Gasteiger partial charge is 0.306 e. The number of hydrogen-bond acceptors (Lipinski definition) is 2. The highest BCUT2D eigenvalue weighted by Gasteiger charge is 2.46. The van der Waals surface area contributed by atoms with Crippen LogP contribution in [0.3, 0.4) is 0 Å². The molecule has 88 valence electrons. The molecule has 1 aromatic heterocycles. The Balaban J connectivity index is 1.94. The highest BCUT2D eigenvalue weighted by Crippen LogP contribution is 2.51. The molecule has 1 N–H and O–H groups in total. The van der Waals surface area contributed by atoms with Crippen LogP contribution in [0, 0.1) is 5.92 Å². The number of thiophene rings is 1. The Morgan fingerprint density at radius 1 is 1.25 bits per heavy atom. The second-order valence-electron chi connectivity index (χ2n) is 5.09. The molecular formula is C13H18ClNS. The quantitative estimate of drug-likeness (QED) is 0.836. The summed E-state index contributed by atoms with van der Waals surface area (Å²) in [5, 5.41) is 3.84. The van der Waals surface area contributed by atoms with Crippen LogP contribution in [0.15, 0.2) is 12.1 Å². The molecule has 16 heavy (non-hydrogen) atoms. The standard InChI is InChI=1S/C13H18ClNS/c14-12-7-6-11(16-12)13(10-4-5-10)8-2-1-3-9-15-13/h6-7,10,15H,1-5,8-9H2. The zero-order valence-corrected chi connectivity index (χ0v) is 11.0. The third-order valence-corrected chi connectivity index (χ3v) is 5.38. The van der Waals surface area contributed by atoms with Crippen molar-refractivity contribution in [3.05, 3.63) is 21.3 Å². The number of hydrogen-bond donors (Lipinski definition) is 1. The van der Waals surface area contributed by atoms with E-state index in [9.17, 15) is 0 Å². The third-order valence-electron chi connectivity index (χ3n) is 3.98. The van der Waals surface area contributed by atoms with E-state index >= 15 is 0 Å². The molecule has 1 unspecified atom stereocenters. The van der Waals surface area contributed by atoms with Crippen molar-refractivity contribution in [3.63, 3.8) is 0 Å². The fraction of sp³-hybridized carbons (Fsp3) is 0.692. The molecule has 1 saturated carbocycles. The SMILES string of the molecule is Clc1ccc(C2(C3CC3)CCCCCN2)s1. The Hall–Kier alpha value is -0.0500. The minimum atomic E-state index is 0.272. The van der Waals surface area contributed by atoms with E-state index in [1.54, 1.807) is 11.3 Å². The Kier molecular flexibility index (Phi) is 2.99. The zero-order chi connectivity index (χ0) is 11.0. The van der Waals surface area contributed by atoms with Gasteiger partial charge in [0.25, 0.3) is 0 Å². The minimum Gasteiger partial charge on any atom is -0.306 e.